The summed E-state index contributed by atoms with van der Waals surface area (Å²) in [6, 6.07) is 5.37. The summed E-state index contributed by atoms with van der Waals surface area (Å²) >= 11 is 0. The quantitative estimate of drug-likeness (QED) is 0.727. The highest BCUT2D eigenvalue weighted by molar-refractivity contribution is 5.74. The second kappa shape index (κ2) is 8.47. The second-order valence-corrected chi connectivity index (χ2v) is 3.93. The number of nitrogens with one attached hydrogen (secondary N) is 2. The van der Waals surface area contributed by atoms with Crippen LogP contribution >= 0.6 is 0 Å². The van der Waals surface area contributed by atoms with Gasteiger partial charge in [-0.15, -0.1) is 0 Å². The predicted molar refractivity (Wildman–Crippen MR) is 70.3 cm³/mol. The van der Waals surface area contributed by atoms with E-state index in [1.54, 1.807) is 6.20 Å². The molecule has 1 heterocycles. The maximum absolute atomic E-state index is 11.6. The highest BCUT2D eigenvalue weighted by atomic mass is 16.5. The predicted octanol–water partition coefficient (Wildman–Crippen LogP) is 1.87. The molecule has 18 heavy (non-hydrogen) atoms. The van der Waals surface area contributed by atoms with Gasteiger partial charge >= 0.3 is 6.03 Å². The van der Waals surface area contributed by atoms with Crippen molar-refractivity contribution in [3.63, 3.8) is 0 Å². The third-order valence-electron chi connectivity index (χ3n) is 2.43. The molecule has 0 radical (unpaired) electrons. The smallest absolute Gasteiger partial charge is 0.315 e. The number of amides is 2. The summed E-state index contributed by atoms with van der Waals surface area (Å²) in [5, 5.41) is 5.62. The fraction of sp³-hybridized carbons (Fsp3) is 0.538. The van der Waals surface area contributed by atoms with E-state index in [2.05, 4.69) is 15.6 Å². The van der Waals surface area contributed by atoms with Gasteiger partial charge in [-0.25, -0.2) is 4.79 Å². The van der Waals surface area contributed by atoms with Crippen molar-refractivity contribution in [3.8, 4) is 0 Å². The van der Waals surface area contributed by atoms with Gasteiger partial charge in [0.2, 0.25) is 0 Å². The van der Waals surface area contributed by atoms with Crippen LogP contribution in [0.5, 0.6) is 0 Å². The summed E-state index contributed by atoms with van der Waals surface area (Å²) in [6.45, 7) is 5.85. The number of rotatable bonds is 7. The van der Waals surface area contributed by atoms with E-state index in [1.165, 1.54) is 0 Å². The fourth-order valence-corrected chi connectivity index (χ4v) is 1.47. The van der Waals surface area contributed by atoms with Gasteiger partial charge in [-0.3, -0.25) is 4.98 Å². The zero-order valence-electron chi connectivity index (χ0n) is 11.0. The minimum absolute atomic E-state index is 0.0990. The lowest BCUT2D eigenvalue weighted by Gasteiger charge is -2.14. The molecule has 0 saturated carbocycles. The molecule has 0 bridgehead atoms. The van der Waals surface area contributed by atoms with Crippen molar-refractivity contribution < 1.29 is 9.53 Å². The Bertz CT molecular complexity index is 343. The molecule has 5 heteroatoms. The van der Waals surface area contributed by atoms with Crippen LogP contribution in [-0.2, 0) is 4.74 Å². The lowest BCUT2D eigenvalue weighted by Crippen LogP contribution is -2.38. The molecular formula is C13H21N3O2. The van der Waals surface area contributed by atoms with E-state index in [0.717, 1.165) is 12.1 Å². The van der Waals surface area contributed by atoms with Crippen LogP contribution in [0.25, 0.3) is 0 Å². The number of pyridine rings is 1. The Labute approximate surface area is 108 Å². The molecule has 2 amide bonds. The van der Waals surface area contributed by atoms with Crippen LogP contribution in [0.2, 0.25) is 0 Å². The first kappa shape index (κ1) is 14.4. The van der Waals surface area contributed by atoms with Crippen molar-refractivity contribution in [2.24, 2.45) is 0 Å². The van der Waals surface area contributed by atoms with Gasteiger partial charge in [0.15, 0.2) is 0 Å². The average molecular weight is 251 g/mol. The number of ether oxygens (including phenoxy) is 1. The molecule has 0 spiro atoms. The molecule has 1 atom stereocenters. The molecule has 0 aliphatic rings. The van der Waals surface area contributed by atoms with Gasteiger partial charge in [0.1, 0.15) is 0 Å². The standard InChI is InChI=1S/C13H21N3O2/c1-3-18-10-6-9-15-13(17)16-11(2)12-7-4-5-8-14-12/h4-5,7-8,11H,3,6,9-10H2,1-2H3,(H2,15,16,17)/t11-/m1/s1. The van der Waals surface area contributed by atoms with Crippen LogP contribution in [0.3, 0.4) is 0 Å². The molecule has 1 aromatic rings. The van der Waals surface area contributed by atoms with E-state index < -0.39 is 0 Å². The van der Waals surface area contributed by atoms with Crippen LogP contribution in [0.4, 0.5) is 4.79 Å². The molecule has 0 saturated heterocycles. The number of hydrogen-bond acceptors (Lipinski definition) is 3. The van der Waals surface area contributed by atoms with Crippen molar-refractivity contribution in [2.75, 3.05) is 19.8 Å². The monoisotopic (exact) mass is 251 g/mol. The van der Waals surface area contributed by atoms with Crippen molar-refractivity contribution in [1.82, 2.24) is 15.6 Å². The van der Waals surface area contributed by atoms with Gasteiger partial charge in [0.25, 0.3) is 0 Å². The van der Waals surface area contributed by atoms with E-state index in [9.17, 15) is 4.79 Å². The topological polar surface area (TPSA) is 63.2 Å². The largest absolute Gasteiger partial charge is 0.382 e. The van der Waals surface area contributed by atoms with Crippen LogP contribution in [0.1, 0.15) is 32.0 Å². The molecule has 2 N–H and O–H groups in total. The van der Waals surface area contributed by atoms with E-state index >= 15 is 0 Å². The van der Waals surface area contributed by atoms with Gasteiger partial charge in [0, 0.05) is 26.0 Å². The third kappa shape index (κ3) is 5.63. The summed E-state index contributed by atoms with van der Waals surface area (Å²) in [5.74, 6) is 0. The number of carbonyl (C=O) groups excluding carboxylic acids is 1. The maximum Gasteiger partial charge on any atom is 0.315 e. The summed E-state index contributed by atoms with van der Waals surface area (Å²) in [7, 11) is 0. The van der Waals surface area contributed by atoms with E-state index in [1.807, 2.05) is 32.0 Å². The number of carbonyl (C=O) groups is 1. The summed E-state index contributed by atoms with van der Waals surface area (Å²) in [6.07, 6.45) is 2.53. The normalized spacial score (nSPS) is 11.9. The minimum Gasteiger partial charge on any atom is -0.382 e. The number of hydrogen-bond donors (Lipinski definition) is 2. The highest BCUT2D eigenvalue weighted by Crippen LogP contribution is 2.06. The highest BCUT2D eigenvalue weighted by Gasteiger charge is 2.09. The molecule has 1 rings (SSSR count). The summed E-state index contributed by atoms with van der Waals surface area (Å²) < 4.78 is 5.18. The zero-order valence-corrected chi connectivity index (χ0v) is 11.0. The van der Waals surface area contributed by atoms with Gasteiger partial charge in [-0.1, -0.05) is 6.07 Å². The van der Waals surface area contributed by atoms with Gasteiger partial charge in [0.05, 0.1) is 11.7 Å². The van der Waals surface area contributed by atoms with E-state index in [4.69, 9.17) is 4.74 Å². The first-order valence-electron chi connectivity index (χ1n) is 6.27. The Balaban J connectivity index is 2.20. The fourth-order valence-electron chi connectivity index (χ4n) is 1.47. The molecule has 1 aromatic heterocycles. The van der Waals surface area contributed by atoms with Crippen molar-refractivity contribution >= 4 is 6.03 Å². The molecule has 0 aliphatic carbocycles. The second-order valence-electron chi connectivity index (χ2n) is 3.93. The van der Waals surface area contributed by atoms with Crippen molar-refractivity contribution in [2.45, 2.75) is 26.3 Å². The number of urea groups is 1. The summed E-state index contributed by atoms with van der Waals surface area (Å²) in [5.41, 5.74) is 0.849. The average Bonchev–Trinajstić information content (AvgIpc) is 2.39. The molecular weight excluding hydrogens is 230 g/mol. The minimum atomic E-state index is -0.176. The van der Waals surface area contributed by atoms with Crippen LogP contribution in [0.15, 0.2) is 24.4 Å². The molecule has 0 aromatic carbocycles. The molecule has 0 unspecified atom stereocenters. The lowest BCUT2D eigenvalue weighted by molar-refractivity contribution is 0.145. The van der Waals surface area contributed by atoms with Gasteiger partial charge < -0.3 is 15.4 Å². The van der Waals surface area contributed by atoms with Crippen LogP contribution < -0.4 is 10.6 Å². The van der Waals surface area contributed by atoms with Crippen molar-refractivity contribution in [3.05, 3.63) is 30.1 Å². The Morgan fingerprint density at radius 3 is 3.00 bits per heavy atom. The van der Waals surface area contributed by atoms with E-state index in [0.29, 0.717) is 19.8 Å². The Morgan fingerprint density at radius 2 is 2.33 bits per heavy atom. The zero-order chi connectivity index (χ0) is 13.2. The SMILES string of the molecule is CCOCCCNC(=O)N[C@H](C)c1ccccn1. The number of nitrogens with zero attached hydrogens (tertiary/aromatic N) is 1. The van der Waals surface area contributed by atoms with Crippen molar-refractivity contribution in [1.29, 1.82) is 0 Å². The van der Waals surface area contributed by atoms with Crippen LogP contribution in [0, 0.1) is 0 Å². The van der Waals surface area contributed by atoms with Gasteiger partial charge in [-0.05, 0) is 32.4 Å². The number of aromatic nitrogens is 1. The Kier molecular flexibility index (Phi) is 6.79. The Morgan fingerprint density at radius 1 is 1.50 bits per heavy atom. The third-order valence-corrected chi connectivity index (χ3v) is 2.43. The lowest BCUT2D eigenvalue weighted by atomic mass is 10.2. The first-order valence-corrected chi connectivity index (χ1v) is 6.27. The molecule has 5 nitrogen and oxygen atoms in total. The maximum atomic E-state index is 11.6. The first-order chi connectivity index (χ1) is 8.74. The molecule has 0 fully saturated rings. The molecule has 0 aliphatic heterocycles. The molecule has 100 valence electrons. The van der Waals surface area contributed by atoms with Gasteiger partial charge in [-0.2, -0.15) is 0 Å². The Hall–Kier alpha value is -1.62. The summed E-state index contributed by atoms with van der Waals surface area (Å²) in [4.78, 5) is 15.8. The van der Waals surface area contributed by atoms with Crippen LogP contribution in [-0.4, -0.2) is 30.8 Å². The van der Waals surface area contributed by atoms with E-state index in [-0.39, 0.29) is 12.1 Å².